The maximum atomic E-state index is 6.01. The number of halogens is 2. The van der Waals surface area contributed by atoms with Gasteiger partial charge in [-0.1, -0.05) is 0 Å². The van der Waals surface area contributed by atoms with Crippen LogP contribution in [0.25, 0.3) is 0 Å². The zero-order valence-corrected chi connectivity index (χ0v) is 9.39. The molecule has 0 nitrogen and oxygen atoms in total. The minimum atomic E-state index is -2.58. The van der Waals surface area contributed by atoms with Crippen molar-refractivity contribution in [2.45, 2.75) is 4.97 Å². The zero-order valence-electron chi connectivity index (χ0n) is 5.55. The third kappa shape index (κ3) is 2.32. The van der Waals surface area contributed by atoms with Gasteiger partial charge >= 0.3 is 72.8 Å². The van der Waals surface area contributed by atoms with Crippen molar-refractivity contribution in [3.63, 3.8) is 0 Å². The van der Waals surface area contributed by atoms with Gasteiger partial charge in [0.25, 0.3) is 0 Å². The Balaban J connectivity index is 2.97. The van der Waals surface area contributed by atoms with Gasteiger partial charge in [-0.05, 0) is 0 Å². The Morgan fingerprint density at radius 2 is 1.60 bits per heavy atom. The number of rotatable bonds is 1. The number of benzene rings is 1. The Labute approximate surface area is 72.4 Å². The van der Waals surface area contributed by atoms with E-state index in [9.17, 15) is 0 Å². The first-order chi connectivity index (χ1) is 4.61. The van der Waals surface area contributed by atoms with Crippen LogP contribution in [0.3, 0.4) is 0 Å². The molecule has 0 radical (unpaired) electrons. The monoisotopic (exact) mass is 292 g/mol. The SMILES string of the molecule is C[Te](Cl)(Cl)c1ccccc1. The van der Waals surface area contributed by atoms with Crippen LogP contribution < -0.4 is 3.61 Å². The topological polar surface area (TPSA) is 0 Å². The summed E-state index contributed by atoms with van der Waals surface area (Å²) in [6.07, 6.45) is 0. The van der Waals surface area contributed by atoms with Crippen molar-refractivity contribution in [1.29, 1.82) is 0 Å². The van der Waals surface area contributed by atoms with Crippen LogP contribution in [0, 0.1) is 0 Å². The van der Waals surface area contributed by atoms with Crippen LogP contribution in [0.4, 0.5) is 0 Å². The van der Waals surface area contributed by atoms with Gasteiger partial charge in [0.1, 0.15) is 0 Å². The Kier molecular flexibility index (Phi) is 2.89. The van der Waals surface area contributed by atoms with Gasteiger partial charge in [-0.2, -0.15) is 0 Å². The summed E-state index contributed by atoms with van der Waals surface area (Å²) in [4.78, 5) is 1.95. The third-order valence-corrected chi connectivity index (χ3v) is 6.69. The molecule has 56 valence electrons. The molecule has 0 aliphatic rings. The molecule has 0 N–H and O–H groups in total. The quantitative estimate of drug-likeness (QED) is 0.697. The summed E-state index contributed by atoms with van der Waals surface area (Å²) in [5, 5.41) is 0. The van der Waals surface area contributed by atoms with Gasteiger partial charge in [-0.25, -0.2) is 0 Å². The normalized spacial score (nSPS) is 13.1. The predicted molar refractivity (Wildman–Crippen MR) is 49.4 cm³/mol. The van der Waals surface area contributed by atoms with E-state index in [0.29, 0.717) is 0 Å². The van der Waals surface area contributed by atoms with Crippen LogP contribution in [0.2, 0.25) is 4.97 Å². The predicted octanol–water partition coefficient (Wildman–Crippen LogP) is 2.44. The summed E-state index contributed by atoms with van der Waals surface area (Å²) in [7, 11) is 12.0. The van der Waals surface area contributed by atoms with E-state index in [-0.39, 0.29) is 0 Å². The molecule has 0 bridgehead atoms. The first-order valence-electron chi connectivity index (χ1n) is 2.83. The fourth-order valence-electron chi connectivity index (χ4n) is 0.659. The van der Waals surface area contributed by atoms with Gasteiger partial charge in [0.2, 0.25) is 0 Å². The molecule has 0 aliphatic heterocycles. The van der Waals surface area contributed by atoms with Crippen molar-refractivity contribution in [3.8, 4) is 0 Å². The number of hydrogen-bond acceptors (Lipinski definition) is 0. The van der Waals surface area contributed by atoms with E-state index < -0.39 is 15.9 Å². The minimum absolute atomic E-state index is 1.12. The molecule has 0 unspecified atom stereocenters. The molecule has 0 aromatic heterocycles. The van der Waals surface area contributed by atoms with Crippen molar-refractivity contribution in [1.82, 2.24) is 0 Å². The Hall–Kier alpha value is 0.590. The molecule has 0 spiro atoms. The molecular formula is C7H8Cl2Te. The number of hydrogen-bond donors (Lipinski definition) is 0. The van der Waals surface area contributed by atoms with Crippen molar-refractivity contribution >= 4 is 37.5 Å². The molecule has 0 atom stereocenters. The second-order valence-electron chi connectivity index (χ2n) is 2.04. The second kappa shape index (κ2) is 3.32. The van der Waals surface area contributed by atoms with Gasteiger partial charge in [0.15, 0.2) is 0 Å². The van der Waals surface area contributed by atoms with E-state index in [2.05, 4.69) is 0 Å². The molecular weight excluding hydrogens is 283 g/mol. The van der Waals surface area contributed by atoms with Gasteiger partial charge in [0, 0.05) is 0 Å². The molecule has 0 heterocycles. The summed E-state index contributed by atoms with van der Waals surface area (Å²) in [6, 6.07) is 9.86. The Bertz CT molecular complexity index is 203. The van der Waals surface area contributed by atoms with Crippen molar-refractivity contribution < 1.29 is 0 Å². The molecule has 0 saturated carbocycles. The van der Waals surface area contributed by atoms with Gasteiger partial charge in [0.05, 0.1) is 0 Å². The average Bonchev–Trinajstić information content (AvgIpc) is 1.88. The molecule has 1 rings (SSSR count). The molecule has 0 aliphatic carbocycles. The molecule has 0 saturated heterocycles. The molecule has 1 aromatic rings. The van der Waals surface area contributed by atoms with E-state index in [4.69, 9.17) is 17.9 Å². The summed E-state index contributed by atoms with van der Waals surface area (Å²) >= 11 is -2.58. The van der Waals surface area contributed by atoms with Crippen LogP contribution in [0.5, 0.6) is 0 Å². The van der Waals surface area contributed by atoms with E-state index in [1.54, 1.807) is 0 Å². The molecule has 0 amide bonds. The van der Waals surface area contributed by atoms with E-state index in [1.807, 2.05) is 35.3 Å². The maximum absolute atomic E-state index is 6.01. The van der Waals surface area contributed by atoms with E-state index in [1.165, 1.54) is 0 Å². The van der Waals surface area contributed by atoms with Crippen molar-refractivity contribution in [2.75, 3.05) is 0 Å². The second-order valence-corrected chi connectivity index (χ2v) is 16.9. The molecule has 10 heavy (non-hydrogen) atoms. The molecule has 3 heteroatoms. The van der Waals surface area contributed by atoms with Gasteiger partial charge < -0.3 is 0 Å². The summed E-state index contributed by atoms with van der Waals surface area (Å²) in [6.45, 7) is 0. The van der Waals surface area contributed by atoms with Crippen LogP contribution >= 0.6 is 17.9 Å². The third-order valence-electron chi connectivity index (χ3n) is 1.16. The van der Waals surface area contributed by atoms with Crippen LogP contribution in [-0.4, -0.2) is 15.9 Å². The van der Waals surface area contributed by atoms with Crippen LogP contribution in [-0.2, 0) is 0 Å². The zero-order chi connectivity index (χ0) is 7.61. The van der Waals surface area contributed by atoms with Gasteiger partial charge in [-0.15, -0.1) is 0 Å². The Morgan fingerprint density at radius 3 is 1.90 bits per heavy atom. The van der Waals surface area contributed by atoms with Crippen molar-refractivity contribution in [3.05, 3.63) is 30.3 Å². The Morgan fingerprint density at radius 1 is 1.10 bits per heavy atom. The standard InChI is InChI=1S/C7H8Cl2Te/c1-10(8,9)7-5-3-2-4-6-7/h2-6H,1H3. The summed E-state index contributed by atoms with van der Waals surface area (Å²) in [5.41, 5.74) is 0. The first kappa shape index (κ1) is 8.68. The van der Waals surface area contributed by atoms with Crippen molar-refractivity contribution in [2.24, 2.45) is 0 Å². The van der Waals surface area contributed by atoms with Crippen LogP contribution in [0.1, 0.15) is 0 Å². The first-order valence-corrected chi connectivity index (χ1v) is 12.2. The fourth-order valence-corrected chi connectivity index (χ4v) is 3.85. The molecule has 0 fully saturated rings. The van der Waals surface area contributed by atoms with E-state index >= 15 is 0 Å². The fraction of sp³-hybridized carbons (Fsp3) is 0.143. The van der Waals surface area contributed by atoms with Crippen LogP contribution in [0.15, 0.2) is 30.3 Å². The van der Waals surface area contributed by atoms with Gasteiger partial charge in [-0.3, -0.25) is 0 Å². The van der Waals surface area contributed by atoms with E-state index in [0.717, 1.165) is 3.61 Å². The summed E-state index contributed by atoms with van der Waals surface area (Å²) in [5.74, 6) is 0. The average molecular weight is 291 g/mol. The summed E-state index contributed by atoms with van der Waals surface area (Å²) < 4.78 is 1.12. The molecule has 1 aromatic carbocycles.